The Labute approximate surface area is 221 Å². The molecule has 9 heteroatoms. The highest BCUT2D eigenvalue weighted by molar-refractivity contribution is 6.42. The van der Waals surface area contributed by atoms with Crippen molar-refractivity contribution >= 4 is 46.6 Å². The predicted molar refractivity (Wildman–Crippen MR) is 139 cm³/mol. The number of nitrogens with zero attached hydrogens (tertiary/aromatic N) is 1. The Hall–Kier alpha value is -2.09. The van der Waals surface area contributed by atoms with Crippen LogP contribution in [0.15, 0.2) is 30.4 Å². The molecule has 7 nitrogen and oxygen atoms in total. The summed E-state index contributed by atoms with van der Waals surface area (Å²) < 4.78 is 6.56. The molecule has 3 heterocycles. The number of hydrogen-bond acceptors (Lipinski definition) is 4. The number of fused-ring (bicyclic) bond motifs is 1. The number of amides is 3. The first-order valence-electron chi connectivity index (χ1n) is 12.9. The summed E-state index contributed by atoms with van der Waals surface area (Å²) in [6, 6.07) is 3.94. The van der Waals surface area contributed by atoms with E-state index in [4.69, 9.17) is 27.9 Å². The molecule has 3 amide bonds. The van der Waals surface area contributed by atoms with E-state index in [1.165, 1.54) is 6.42 Å². The highest BCUT2D eigenvalue weighted by Crippen LogP contribution is 2.60. The van der Waals surface area contributed by atoms with Crippen molar-refractivity contribution in [2.75, 3.05) is 5.32 Å². The van der Waals surface area contributed by atoms with E-state index < -0.39 is 29.1 Å². The third-order valence-corrected chi connectivity index (χ3v) is 9.21. The molecule has 0 radical (unpaired) electrons. The van der Waals surface area contributed by atoms with Crippen LogP contribution < -0.4 is 10.6 Å². The molecular weight excluding hydrogens is 501 g/mol. The number of carbonyl (C=O) groups excluding carboxylic acids is 3. The molecule has 4 aliphatic rings. The van der Waals surface area contributed by atoms with Crippen LogP contribution in [0.3, 0.4) is 0 Å². The number of halogens is 2. The van der Waals surface area contributed by atoms with Crippen LogP contribution in [0.5, 0.6) is 0 Å². The van der Waals surface area contributed by atoms with Crippen molar-refractivity contribution in [2.24, 2.45) is 11.8 Å². The number of likely N-dealkylation sites (tertiary alicyclic amines) is 1. The largest absolute Gasteiger partial charge is 0.356 e. The van der Waals surface area contributed by atoms with Crippen molar-refractivity contribution in [3.05, 3.63) is 40.4 Å². The topological polar surface area (TPSA) is 87.7 Å². The zero-order valence-electron chi connectivity index (χ0n) is 20.9. The fraction of sp³-hybridized carbons (Fsp3) is 0.593. The van der Waals surface area contributed by atoms with Crippen LogP contribution in [0, 0.1) is 11.8 Å². The first-order chi connectivity index (χ1) is 17.1. The number of nitrogens with one attached hydrogen (secondary N) is 2. The lowest BCUT2D eigenvalue weighted by molar-refractivity contribution is -0.146. The Kier molecular flexibility index (Phi) is 6.63. The second kappa shape index (κ2) is 9.34. The Morgan fingerprint density at radius 3 is 2.53 bits per heavy atom. The van der Waals surface area contributed by atoms with Crippen LogP contribution in [0.4, 0.5) is 5.69 Å². The highest BCUT2D eigenvalue weighted by atomic mass is 35.5. The van der Waals surface area contributed by atoms with Gasteiger partial charge in [0.1, 0.15) is 11.6 Å². The summed E-state index contributed by atoms with van der Waals surface area (Å²) in [6.07, 6.45) is 9.61. The monoisotopic (exact) mass is 533 g/mol. The molecule has 1 saturated carbocycles. The predicted octanol–water partition coefficient (Wildman–Crippen LogP) is 4.72. The molecule has 0 aromatic heterocycles. The minimum atomic E-state index is -1.19. The number of rotatable bonds is 6. The van der Waals surface area contributed by atoms with Crippen LogP contribution in [0.2, 0.25) is 10.0 Å². The first kappa shape index (κ1) is 25.6. The summed E-state index contributed by atoms with van der Waals surface area (Å²) in [5, 5.41) is 6.81. The van der Waals surface area contributed by atoms with E-state index in [1.807, 2.05) is 32.9 Å². The maximum atomic E-state index is 14.0. The van der Waals surface area contributed by atoms with Crippen molar-refractivity contribution in [2.45, 2.75) is 88.6 Å². The summed E-state index contributed by atoms with van der Waals surface area (Å²) in [5.74, 6) is -2.36. The lowest BCUT2D eigenvalue weighted by Crippen LogP contribution is -2.58. The molecule has 3 aliphatic heterocycles. The molecule has 2 bridgehead atoms. The summed E-state index contributed by atoms with van der Waals surface area (Å²) >= 11 is 12.2. The van der Waals surface area contributed by atoms with Gasteiger partial charge < -0.3 is 20.3 Å². The minimum absolute atomic E-state index is 0.0995. The van der Waals surface area contributed by atoms with E-state index in [1.54, 1.807) is 23.1 Å². The van der Waals surface area contributed by atoms with Gasteiger partial charge in [0.2, 0.25) is 17.7 Å². The Morgan fingerprint density at radius 1 is 1.14 bits per heavy atom. The van der Waals surface area contributed by atoms with Crippen LogP contribution in [0.25, 0.3) is 0 Å². The zero-order chi connectivity index (χ0) is 25.8. The maximum absolute atomic E-state index is 14.0. The van der Waals surface area contributed by atoms with Crippen molar-refractivity contribution in [3.63, 3.8) is 0 Å². The van der Waals surface area contributed by atoms with Gasteiger partial charge in [0.05, 0.1) is 27.5 Å². The second-order valence-electron chi connectivity index (χ2n) is 10.8. The summed E-state index contributed by atoms with van der Waals surface area (Å²) in [4.78, 5) is 43.1. The number of benzene rings is 1. The number of carbonyl (C=O) groups is 3. The summed E-state index contributed by atoms with van der Waals surface area (Å²) in [7, 11) is 0. The summed E-state index contributed by atoms with van der Waals surface area (Å²) in [5.41, 5.74) is -1.71. The average molecular weight is 534 g/mol. The maximum Gasteiger partial charge on any atom is 0.246 e. The SMILES string of the molecule is CC[C@H](C)N1C(=O)[C@@H]2[C@@H](C(=O)Nc3ccc(Cl)c(Cl)c3)[C@]3(C)C=C[C@@]2(O3)[C@@H]1C(=O)NC1CCCCC1. The van der Waals surface area contributed by atoms with Gasteiger partial charge in [-0.05, 0) is 51.3 Å². The molecule has 1 aliphatic carbocycles. The smallest absolute Gasteiger partial charge is 0.246 e. The van der Waals surface area contributed by atoms with E-state index in [-0.39, 0.29) is 29.8 Å². The molecule has 2 N–H and O–H groups in total. The lowest BCUT2D eigenvalue weighted by Gasteiger charge is -2.37. The van der Waals surface area contributed by atoms with Crippen LogP contribution in [-0.4, -0.2) is 51.9 Å². The summed E-state index contributed by atoms with van der Waals surface area (Å²) in [6.45, 7) is 5.75. The fourth-order valence-electron chi connectivity index (χ4n) is 6.56. The molecule has 2 saturated heterocycles. The third-order valence-electron chi connectivity index (χ3n) is 8.47. The molecule has 36 heavy (non-hydrogen) atoms. The van der Waals surface area contributed by atoms with Gasteiger partial charge in [0.15, 0.2) is 0 Å². The van der Waals surface area contributed by atoms with Crippen molar-refractivity contribution in [1.29, 1.82) is 0 Å². The Morgan fingerprint density at radius 2 is 1.86 bits per heavy atom. The lowest BCUT2D eigenvalue weighted by atomic mass is 9.70. The molecule has 6 atom stereocenters. The highest BCUT2D eigenvalue weighted by Gasteiger charge is 2.76. The third kappa shape index (κ3) is 3.95. The quantitative estimate of drug-likeness (QED) is 0.518. The normalized spacial score (nSPS) is 34.1. The molecule has 3 fully saturated rings. The Bertz CT molecular complexity index is 1120. The molecular formula is C27H33Cl2N3O4. The first-order valence-corrected chi connectivity index (χ1v) is 13.7. The molecule has 5 rings (SSSR count). The standard InChI is InChI=1S/C27H33Cl2N3O4/c1-4-15(2)32-22(24(34)30-16-8-6-5-7-9-16)27-13-12-26(3,36-27)20(21(27)25(32)35)23(33)31-17-10-11-18(28)19(29)14-17/h10-16,20-22H,4-9H2,1-3H3,(H,30,34)(H,31,33)/t15-,20-,21-,22-,26-,27-/m0/s1. The van der Waals surface area contributed by atoms with Crippen molar-refractivity contribution < 1.29 is 19.1 Å². The minimum Gasteiger partial charge on any atom is -0.356 e. The molecule has 1 aromatic carbocycles. The van der Waals surface area contributed by atoms with Gasteiger partial charge in [-0.15, -0.1) is 0 Å². The number of hydrogen-bond donors (Lipinski definition) is 2. The van der Waals surface area contributed by atoms with Crippen molar-refractivity contribution in [1.82, 2.24) is 10.2 Å². The van der Waals surface area contributed by atoms with Gasteiger partial charge in [-0.2, -0.15) is 0 Å². The van der Waals surface area contributed by atoms with Crippen LogP contribution in [-0.2, 0) is 19.1 Å². The molecule has 1 spiro atoms. The molecule has 0 unspecified atom stereocenters. The van der Waals surface area contributed by atoms with Gasteiger partial charge in [-0.25, -0.2) is 0 Å². The number of ether oxygens (including phenoxy) is 1. The van der Waals surface area contributed by atoms with Crippen molar-refractivity contribution in [3.8, 4) is 0 Å². The van der Waals surface area contributed by atoms with Crippen LogP contribution >= 0.6 is 23.2 Å². The average Bonchev–Trinajstić information content (AvgIpc) is 3.42. The van der Waals surface area contributed by atoms with E-state index in [9.17, 15) is 14.4 Å². The van der Waals surface area contributed by atoms with E-state index >= 15 is 0 Å². The molecule has 194 valence electrons. The Balaban J connectivity index is 1.48. The van der Waals surface area contributed by atoms with Gasteiger partial charge in [0, 0.05) is 17.8 Å². The van der Waals surface area contributed by atoms with Gasteiger partial charge in [-0.1, -0.05) is 61.5 Å². The van der Waals surface area contributed by atoms with Gasteiger partial charge in [0.25, 0.3) is 0 Å². The van der Waals surface area contributed by atoms with Gasteiger partial charge >= 0.3 is 0 Å². The molecule has 1 aromatic rings. The zero-order valence-corrected chi connectivity index (χ0v) is 22.4. The number of anilines is 1. The second-order valence-corrected chi connectivity index (χ2v) is 11.6. The fourth-order valence-corrected chi connectivity index (χ4v) is 6.86. The van der Waals surface area contributed by atoms with E-state index in [0.717, 1.165) is 25.7 Å². The van der Waals surface area contributed by atoms with Gasteiger partial charge in [-0.3, -0.25) is 14.4 Å². The van der Waals surface area contributed by atoms with E-state index in [0.29, 0.717) is 22.2 Å². The van der Waals surface area contributed by atoms with Crippen LogP contribution in [0.1, 0.15) is 59.3 Å². The van der Waals surface area contributed by atoms with E-state index in [2.05, 4.69) is 10.6 Å².